The van der Waals surface area contributed by atoms with Gasteiger partial charge in [0.25, 0.3) is 0 Å². The number of nitriles is 1. The number of hydrogen-bond donors (Lipinski definition) is 2. The topological polar surface area (TPSA) is 108 Å². The summed E-state index contributed by atoms with van der Waals surface area (Å²) < 4.78 is 4.78. The number of anilines is 1. The lowest BCUT2D eigenvalue weighted by molar-refractivity contribution is -0.384. The van der Waals surface area contributed by atoms with Crippen LogP contribution in [-0.2, 0) is 4.74 Å². The quantitative estimate of drug-likeness (QED) is 0.567. The Kier molecular flexibility index (Phi) is 5.73. The summed E-state index contributed by atoms with van der Waals surface area (Å²) in [5, 5.41) is 32.1. The van der Waals surface area contributed by atoms with Crippen molar-refractivity contribution in [2.75, 3.05) is 25.6 Å². The van der Waals surface area contributed by atoms with Gasteiger partial charge in [-0.1, -0.05) is 6.07 Å². The van der Waals surface area contributed by atoms with Crippen molar-refractivity contribution in [2.24, 2.45) is 0 Å². The highest BCUT2D eigenvalue weighted by Crippen LogP contribution is 2.27. The Labute approximate surface area is 110 Å². The summed E-state index contributed by atoms with van der Waals surface area (Å²) in [7, 11) is 1.48. The summed E-state index contributed by atoms with van der Waals surface area (Å²) in [5.74, 6) is 0. The van der Waals surface area contributed by atoms with Crippen molar-refractivity contribution in [1.29, 1.82) is 5.26 Å². The summed E-state index contributed by atoms with van der Waals surface area (Å²) in [6, 6.07) is 6.28. The van der Waals surface area contributed by atoms with Crippen molar-refractivity contribution >= 4 is 11.4 Å². The van der Waals surface area contributed by atoms with Crippen LogP contribution in [0.3, 0.4) is 0 Å². The molecule has 0 amide bonds. The predicted octanol–water partition coefficient (Wildman–Crippen LogP) is 1.28. The molecule has 102 valence electrons. The van der Waals surface area contributed by atoms with Crippen LogP contribution in [0.4, 0.5) is 11.4 Å². The predicted molar refractivity (Wildman–Crippen MR) is 68.8 cm³/mol. The molecule has 0 aliphatic rings. The second-order valence-electron chi connectivity index (χ2n) is 3.90. The number of hydrogen-bond acceptors (Lipinski definition) is 6. The van der Waals surface area contributed by atoms with E-state index in [1.165, 1.54) is 19.2 Å². The molecule has 0 fully saturated rings. The van der Waals surface area contributed by atoms with Gasteiger partial charge in [-0.2, -0.15) is 5.26 Å². The zero-order valence-electron chi connectivity index (χ0n) is 10.5. The van der Waals surface area contributed by atoms with E-state index in [0.717, 1.165) is 0 Å². The molecule has 1 aromatic rings. The third kappa shape index (κ3) is 4.21. The Balaban J connectivity index is 2.74. The monoisotopic (exact) mass is 265 g/mol. The van der Waals surface area contributed by atoms with Crippen LogP contribution in [0.15, 0.2) is 18.2 Å². The number of nitrogens with one attached hydrogen (secondary N) is 1. The molecule has 0 radical (unpaired) electrons. The molecule has 0 saturated heterocycles. The number of methoxy groups -OCH3 is 1. The number of nitro groups is 1. The van der Waals surface area contributed by atoms with Crippen LogP contribution in [0.5, 0.6) is 0 Å². The van der Waals surface area contributed by atoms with E-state index >= 15 is 0 Å². The van der Waals surface area contributed by atoms with Crippen LogP contribution in [0.2, 0.25) is 0 Å². The molecular formula is C12H15N3O4. The average molecular weight is 265 g/mol. The summed E-state index contributed by atoms with van der Waals surface area (Å²) in [5.41, 5.74) is 0.0346. The van der Waals surface area contributed by atoms with Crippen LogP contribution < -0.4 is 5.32 Å². The van der Waals surface area contributed by atoms with Gasteiger partial charge in [0.2, 0.25) is 0 Å². The summed E-state index contributed by atoms with van der Waals surface area (Å²) >= 11 is 0. The van der Waals surface area contributed by atoms with E-state index in [9.17, 15) is 15.2 Å². The van der Waals surface area contributed by atoms with Gasteiger partial charge in [0, 0.05) is 13.7 Å². The maximum atomic E-state index is 10.9. The second kappa shape index (κ2) is 7.31. The first-order valence-corrected chi connectivity index (χ1v) is 5.68. The molecule has 1 unspecified atom stereocenters. The summed E-state index contributed by atoms with van der Waals surface area (Å²) in [6.07, 6.45) is -0.238. The van der Waals surface area contributed by atoms with Crippen molar-refractivity contribution in [3.8, 4) is 6.07 Å². The molecule has 0 aliphatic heterocycles. The highest BCUT2D eigenvalue weighted by molar-refractivity contribution is 5.68. The number of benzene rings is 1. The molecule has 1 aromatic carbocycles. The van der Waals surface area contributed by atoms with Gasteiger partial charge in [-0.25, -0.2) is 0 Å². The van der Waals surface area contributed by atoms with E-state index in [2.05, 4.69) is 5.32 Å². The van der Waals surface area contributed by atoms with Crippen LogP contribution in [-0.4, -0.2) is 36.4 Å². The first-order valence-electron chi connectivity index (χ1n) is 5.68. The van der Waals surface area contributed by atoms with Gasteiger partial charge in [-0.3, -0.25) is 10.1 Å². The fraction of sp³-hybridized carbons (Fsp3) is 0.417. The third-order valence-electron chi connectivity index (χ3n) is 2.49. The van der Waals surface area contributed by atoms with E-state index in [1.807, 2.05) is 0 Å². The van der Waals surface area contributed by atoms with Crippen molar-refractivity contribution in [2.45, 2.75) is 12.5 Å². The first-order chi connectivity index (χ1) is 9.10. The maximum absolute atomic E-state index is 10.9. The Hall–Kier alpha value is -2.17. The first kappa shape index (κ1) is 14.9. The molecule has 0 aromatic heterocycles. The van der Waals surface area contributed by atoms with Crippen LogP contribution in [0, 0.1) is 21.4 Å². The molecule has 7 heteroatoms. The molecule has 0 bridgehead atoms. The third-order valence-corrected chi connectivity index (χ3v) is 2.49. The summed E-state index contributed by atoms with van der Waals surface area (Å²) in [6.45, 7) is 0.558. The van der Waals surface area contributed by atoms with Crippen molar-refractivity contribution in [1.82, 2.24) is 0 Å². The van der Waals surface area contributed by atoms with Crippen molar-refractivity contribution in [3.63, 3.8) is 0 Å². The number of rotatable bonds is 7. The number of aliphatic hydroxyl groups is 1. The van der Waals surface area contributed by atoms with Crippen LogP contribution in [0.1, 0.15) is 12.0 Å². The van der Waals surface area contributed by atoms with Gasteiger partial charge in [0.05, 0.1) is 17.6 Å². The lowest BCUT2D eigenvalue weighted by Crippen LogP contribution is -2.18. The molecule has 0 aliphatic carbocycles. The Morgan fingerprint density at radius 1 is 1.63 bits per heavy atom. The number of nitro benzene ring substituents is 1. The lowest BCUT2D eigenvalue weighted by Gasteiger charge is -2.11. The van der Waals surface area contributed by atoms with Gasteiger partial charge in [0.1, 0.15) is 17.3 Å². The minimum Gasteiger partial charge on any atom is -0.391 e. The fourth-order valence-electron chi connectivity index (χ4n) is 1.62. The van der Waals surface area contributed by atoms with Crippen molar-refractivity contribution in [3.05, 3.63) is 33.9 Å². The van der Waals surface area contributed by atoms with Crippen LogP contribution in [0.25, 0.3) is 0 Å². The van der Waals surface area contributed by atoms with Crippen molar-refractivity contribution < 1.29 is 14.8 Å². The molecule has 1 rings (SSSR count). The van der Waals surface area contributed by atoms with Gasteiger partial charge in [0.15, 0.2) is 0 Å². The highest BCUT2D eigenvalue weighted by Gasteiger charge is 2.19. The molecule has 1 atom stereocenters. The van der Waals surface area contributed by atoms with Gasteiger partial charge < -0.3 is 15.2 Å². The number of para-hydroxylation sites is 1. The van der Waals surface area contributed by atoms with E-state index < -0.39 is 11.0 Å². The highest BCUT2D eigenvalue weighted by atomic mass is 16.6. The molecule has 2 N–H and O–H groups in total. The zero-order valence-corrected chi connectivity index (χ0v) is 10.5. The van der Waals surface area contributed by atoms with Crippen LogP contribution >= 0.6 is 0 Å². The molecule has 0 heterocycles. The molecule has 19 heavy (non-hydrogen) atoms. The minimum absolute atomic E-state index is 0.00689. The van der Waals surface area contributed by atoms with E-state index in [1.54, 1.807) is 12.1 Å². The van der Waals surface area contributed by atoms with E-state index in [4.69, 9.17) is 10.00 Å². The Morgan fingerprint density at radius 2 is 2.37 bits per heavy atom. The molecular weight excluding hydrogens is 250 g/mol. The second-order valence-corrected chi connectivity index (χ2v) is 3.90. The summed E-state index contributed by atoms with van der Waals surface area (Å²) in [4.78, 5) is 10.4. The molecule has 7 nitrogen and oxygen atoms in total. The SMILES string of the molecule is COCC(O)CCNc1cccc(C#N)c1[N+](=O)[O-]. The number of nitrogens with zero attached hydrogens (tertiary/aromatic N) is 2. The lowest BCUT2D eigenvalue weighted by atomic mass is 10.1. The standard InChI is InChI=1S/C12H15N3O4/c1-19-8-10(16)5-6-14-11-4-2-3-9(7-13)12(11)15(17)18/h2-4,10,14,16H,5-6,8H2,1H3. The Morgan fingerprint density at radius 3 is 2.95 bits per heavy atom. The normalized spacial score (nSPS) is 11.6. The number of aliphatic hydroxyl groups excluding tert-OH is 1. The van der Waals surface area contributed by atoms with Gasteiger partial charge in [-0.15, -0.1) is 0 Å². The van der Waals surface area contributed by atoms with Gasteiger partial charge in [-0.05, 0) is 18.6 Å². The largest absolute Gasteiger partial charge is 0.391 e. The Bertz CT molecular complexity index is 484. The smallest absolute Gasteiger partial charge is 0.309 e. The fourth-order valence-corrected chi connectivity index (χ4v) is 1.62. The molecule has 0 saturated carbocycles. The maximum Gasteiger partial charge on any atom is 0.309 e. The minimum atomic E-state index is -0.629. The molecule has 0 spiro atoms. The van der Waals surface area contributed by atoms with E-state index in [-0.39, 0.29) is 23.5 Å². The number of ether oxygens (including phenoxy) is 1. The average Bonchev–Trinajstić information content (AvgIpc) is 2.38. The van der Waals surface area contributed by atoms with Gasteiger partial charge >= 0.3 is 5.69 Å². The zero-order chi connectivity index (χ0) is 14.3. The van der Waals surface area contributed by atoms with E-state index in [0.29, 0.717) is 13.0 Å².